The molecule has 0 fully saturated rings. The molecule has 19 heavy (non-hydrogen) atoms. The summed E-state index contributed by atoms with van der Waals surface area (Å²) < 4.78 is 6.71. The first-order valence-corrected chi connectivity index (χ1v) is 5.99. The molecular weight excluding hydrogens is 246 g/mol. The number of nitrogen functional groups attached to an aromatic ring is 1. The minimum atomic E-state index is -0.361. The van der Waals surface area contributed by atoms with Gasteiger partial charge in [0.05, 0.1) is 13.2 Å². The van der Waals surface area contributed by atoms with E-state index < -0.39 is 0 Å². The number of aromatic amines is 1. The molecule has 2 aromatic rings. The molecule has 0 atom stereocenters. The van der Waals surface area contributed by atoms with E-state index in [9.17, 15) is 4.79 Å². The van der Waals surface area contributed by atoms with Crippen molar-refractivity contribution in [3.8, 4) is 18.4 Å². The Morgan fingerprint density at radius 3 is 3.00 bits per heavy atom. The quantitative estimate of drug-likeness (QED) is 0.603. The largest absolute Gasteiger partial charge is 0.463 e. The molecule has 2 heterocycles. The van der Waals surface area contributed by atoms with E-state index in [0.717, 1.165) is 12.8 Å². The van der Waals surface area contributed by atoms with E-state index in [1.54, 1.807) is 0 Å². The number of anilines is 1. The molecule has 2 aromatic heterocycles. The molecule has 7 heteroatoms. The monoisotopic (exact) mass is 261 g/mol. The maximum absolute atomic E-state index is 11.7. The Bertz CT molecular complexity index is 680. The van der Waals surface area contributed by atoms with E-state index >= 15 is 0 Å². The Hall–Kier alpha value is -2.49. The topological polar surface area (TPSA) is 98.8 Å². The van der Waals surface area contributed by atoms with Crippen LogP contribution in [0.5, 0.6) is 6.01 Å². The van der Waals surface area contributed by atoms with Crippen LogP contribution in [0.1, 0.15) is 19.8 Å². The van der Waals surface area contributed by atoms with Crippen LogP contribution >= 0.6 is 0 Å². The molecular formula is C12H15N5O2. The van der Waals surface area contributed by atoms with Crippen LogP contribution in [0.3, 0.4) is 0 Å². The van der Waals surface area contributed by atoms with Gasteiger partial charge in [0, 0.05) is 0 Å². The number of imidazole rings is 1. The number of nitrogens with two attached hydrogens (primary N) is 1. The second-order valence-electron chi connectivity index (χ2n) is 4.01. The van der Waals surface area contributed by atoms with E-state index in [-0.39, 0.29) is 24.1 Å². The summed E-state index contributed by atoms with van der Waals surface area (Å²) in [5.74, 6) is 2.57. The van der Waals surface area contributed by atoms with Crippen LogP contribution in [-0.2, 0) is 6.54 Å². The maximum atomic E-state index is 11.7. The summed E-state index contributed by atoms with van der Waals surface area (Å²) in [6, 6.07) is 0.156. The van der Waals surface area contributed by atoms with E-state index in [2.05, 4.69) is 27.8 Å². The predicted octanol–water partition coefficient (Wildman–Crippen LogP) is 0.514. The summed E-state index contributed by atoms with van der Waals surface area (Å²) in [7, 11) is 0. The molecule has 3 N–H and O–H groups in total. The van der Waals surface area contributed by atoms with Crippen molar-refractivity contribution in [2.45, 2.75) is 26.3 Å². The average Bonchev–Trinajstić information content (AvgIpc) is 2.69. The van der Waals surface area contributed by atoms with Crippen molar-refractivity contribution >= 4 is 17.0 Å². The Morgan fingerprint density at radius 1 is 1.53 bits per heavy atom. The smallest absolute Gasteiger partial charge is 0.328 e. The van der Waals surface area contributed by atoms with Gasteiger partial charge in [-0.25, -0.2) is 4.79 Å². The van der Waals surface area contributed by atoms with Gasteiger partial charge in [-0.05, 0) is 6.42 Å². The lowest BCUT2D eigenvalue weighted by Gasteiger charge is -2.05. The lowest BCUT2D eigenvalue weighted by Crippen LogP contribution is -2.16. The van der Waals surface area contributed by atoms with Crippen molar-refractivity contribution in [2.75, 3.05) is 12.3 Å². The number of terminal acetylenes is 1. The van der Waals surface area contributed by atoms with Gasteiger partial charge in [0.1, 0.15) is 5.52 Å². The molecule has 7 nitrogen and oxygen atoms in total. The average molecular weight is 261 g/mol. The molecule has 0 radical (unpaired) electrons. The fraction of sp³-hybridized carbons (Fsp3) is 0.417. The maximum Gasteiger partial charge on any atom is 0.328 e. The van der Waals surface area contributed by atoms with Gasteiger partial charge in [0.25, 0.3) is 0 Å². The fourth-order valence-electron chi connectivity index (χ4n) is 1.64. The number of fused-ring (bicyclic) bond motifs is 1. The lowest BCUT2D eigenvalue weighted by molar-refractivity contribution is 0.286. The molecule has 0 amide bonds. The third-order valence-corrected chi connectivity index (χ3v) is 2.61. The lowest BCUT2D eigenvalue weighted by atomic mass is 10.4. The molecule has 0 aliphatic rings. The zero-order chi connectivity index (χ0) is 13.8. The van der Waals surface area contributed by atoms with Gasteiger partial charge in [-0.1, -0.05) is 19.3 Å². The van der Waals surface area contributed by atoms with Crippen LogP contribution in [0.15, 0.2) is 4.79 Å². The van der Waals surface area contributed by atoms with Gasteiger partial charge >= 0.3 is 11.7 Å². The summed E-state index contributed by atoms with van der Waals surface area (Å²) in [6.45, 7) is 2.67. The van der Waals surface area contributed by atoms with Crippen molar-refractivity contribution in [1.29, 1.82) is 0 Å². The molecule has 0 unspecified atom stereocenters. The Morgan fingerprint density at radius 2 is 2.32 bits per heavy atom. The minimum Gasteiger partial charge on any atom is -0.463 e. The van der Waals surface area contributed by atoms with E-state index in [1.165, 1.54) is 4.57 Å². The number of nitrogens with one attached hydrogen (secondary N) is 1. The fourth-order valence-corrected chi connectivity index (χ4v) is 1.64. The summed E-state index contributed by atoms with van der Waals surface area (Å²) >= 11 is 0. The first-order valence-electron chi connectivity index (χ1n) is 5.99. The number of H-pyrrole nitrogens is 1. The van der Waals surface area contributed by atoms with Gasteiger partial charge in [-0.3, -0.25) is 4.57 Å². The Labute approximate surface area is 109 Å². The first kappa shape index (κ1) is 13.0. The van der Waals surface area contributed by atoms with Gasteiger partial charge in [-0.2, -0.15) is 9.97 Å². The zero-order valence-corrected chi connectivity index (χ0v) is 10.6. The van der Waals surface area contributed by atoms with Crippen LogP contribution < -0.4 is 16.2 Å². The van der Waals surface area contributed by atoms with Crippen LogP contribution in [0.25, 0.3) is 11.2 Å². The van der Waals surface area contributed by atoms with Crippen molar-refractivity contribution in [3.63, 3.8) is 0 Å². The zero-order valence-electron chi connectivity index (χ0n) is 10.6. The van der Waals surface area contributed by atoms with Gasteiger partial charge in [-0.15, -0.1) is 6.42 Å². The highest BCUT2D eigenvalue weighted by Gasteiger charge is 2.13. The highest BCUT2D eigenvalue weighted by atomic mass is 16.5. The molecule has 0 aliphatic carbocycles. The van der Waals surface area contributed by atoms with Crippen LogP contribution in [0.2, 0.25) is 0 Å². The number of rotatable bonds is 5. The number of unbranched alkanes of at least 4 members (excludes halogenated alkanes) is 1. The van der Waals surface area contributed by atoms with E-state index in [1.807, 2.05) is 0 Å². The molecule has 100 valence electrons. The summed E-state index contributed by atoms with van der Waals surface area (Å²) in [6.07, 6.45) is 7.12. The second-order valence-corrected chi connectivity index (χ2v) is 4.01. The van der Waals surface area contributed by atoms with E-state index in [0.29, 0.717) is 17.8 Å². The highest BCUT2D eigenvalue weighted by molar-refractivity contribution is 5.81. The molecule has 0 bridgehead atoms. The van der Waals surface area contributed by atoms with Gasteiger partial charge in [0.2, 0.25) is 0 Å². The third-order valence-electron chi connectivity index (χ3n) is 2.61. The van der Waals surface area contributed by atoms with E-state index in [4.69, 9.17) is 16.9 Å². The summed E-state index contributed by atoms with van der Waals surface area (Å²) in [4.78, 5) is 22.4. The molecule has 0 aliphatic heterocycles. The van der Waals surface area contributed by atoms with Gasteiger partial charge in [0.15, 0.2) is 11.5 Å². The van der Waals surface area contributed by atoms with Crippen molar-refractivity contribution < 1.29 is 4.74 Å². The molecule has 0 aromatic carbocycles. The normalized spacial score (nSPS) is 10.5. The second kappa shape index (κ2) is 5.44. The van der Waals surface area contributed by atoms with Crippen LogP contribution in [0.4, 0.5) is 5.82 Å². The number of ether oxygens (including phenoxy) is 1. The Balaban J connectivity index is 2.45. The summed E-state index contributed by atoms with van der Waals surface area (Å²) in [5.41, 5.74) is 6.15. The SMILES string of the molecule is C#CCn1c(=O)[nH]c2c(N)nc(OCCCC)nc21. The molecule has 0 saturated heterocycles. The number of nitrogens with zero attached hydrogens (tertiary/aromatic N) is 3. The minimum absolute atomic E-state index is 0.115. The molecule has 0 saturated carbocycles. The number of hydrogen-bond acceptors (Lipinski definition) is 5. The van der Waals surface area contributed by atoms with Crippen molar-refractivity contribution in [3.05, 3.63) is 10.5 Å². The number of aromatic nitrogens is 4. The summed E-state index contributed by atoms with van der Waals surface area (Å²) in [5, 5.41) is 0. The Kier molecular flexibility index (Phi) is 3.71. The highest BCUT2D eigenvalue weighted by Crippen LogP contribution is 2.17. The molecule has 2 rings (SSSR count). The van der Waals surface area contributed by atoms with Crippen molar-refractivity contribution in [1.82, 2.24) is 19.5 Å². The van der Waals surface area contributed by atoms with Gasteiger partial charge < -0.3 is 15.5 Å². The standard InChI is InChI=1S/C12H15N5O2/c1-3-5-7-19-11-15-9(13)8-10(16-11)17(6-4-2)12(18)14-8/h2H,3,5-7H2,1H3,(H,14,18)(H2,13,15,16). The third kappa shape index (κ3) is 2.52. The van der Waals surface area contributed by atoms with Crippen LogP contribution in [0, 0.1) is 12.3 Å². The van der Waals surface area contributed by atoms with Crippen molar-refractivity contribution in [2.24, 2.45) is 0 Å². The first-order chi connectivity index (χ1) is 9.17. The number of hydrogen-bond donors (Lipinski definition) is 2. The van der Waals surface area contributed by atoms with Crippen LogP contribution in [-0.4, -0.2) is 26.1 Å². The predicted molar refractivity (Wildman–Crippen MR) is 71.8 cm³/mol. The molecule has 0 spiro atoms.